The number of para-hydroxylation sites is 1. The van der Waals surface area contributed by atoms with Gasteiger partial charge >= 0.3 is 0 Å². The van der Waals surface area contributed by atoms with Crippen molar-refractivity contribution in [3.05, 3.63) is 52.9 Å². The van der Waals surface area contributed by atoms with Crippen LogP contribution in [0.2, 0.25) is 5.02 Å². The molecule has 1 N–H and O–H groups in total. The molecule has 0 aliphatic carbocycles. The summed E-state index contributed by atoms with van der Waals surface area (Å²) in [6, 6.07) is 8.46. The van der Waals surface area contributed by atoms with Gasteiger partial charge in [0.15, 0.2) is 0 Å². The van der Waals surface area contributed by atoms with Gasteiger partial charge < -0.3 is 14.6 Å². The molecule has 0 radical (unpaired) electrons. The maximum Gasteiger partial charge on any atom is 0.0952 e. The summed E-state index contributed by atoms with van der Waals surface area (Å²) in [4.78, 5) is 2.16. The van der Waals surface area contributed by atoms with E-state index >= 15 is 0 Å². The van der Waals surface area contributed by atoms with Crippen LogP contribution in [0.5, 0.6) is 0 Å². The number of halogens is 1. The minimum atomic E-state index is 0.445. The lowest BCUT2D eigenvalue weighted by atomic mass is 10.1. The molecule has 4 heteroatoms. The van der Waals surface area contributed by atoms with Crippen LogP contribution in [0.4, 0.5) is 5.69 Å². The van der Waals surface area contributed by atoms with Crippen LogP contribution in [0.3, 0.4) is 0 Å². The topological polar surface area (TPSA) is 28.4 Å². The van der Waals surface area contributed by atoms with E-state index in [4.69, 9.17) is 16.0 Å². The third-order valence-electron chi connectivity index (χ3n) is 3.15. The van der Waals surface area contributed by atoms with Crippen LogP contribution in [-0.2, 0) is 13.1 Å². The molecule has 0 saturated heterocycles. The van der Waals surface area contributed by atoms with Crippen molar-refractivity contribution in [2.45, 2.75) is 33.0 Å². The van der Waals surface area contributed by atoms with Crippen molar-refractivity contribution in [2.75, 3.05) is 11.9 Å². The zero-order valence-corrected chi connectivity index (χ0v) is 12.9. The molecule has 0 fully saturated rings. The number of rotatable bonds is 6. The summed E-state index contributed by atoms with van der Waals surface area (Å²) in [6.07, 6.45) is 3.45. The number of hydrogen-bond donors (Lipinski definition) is 1. The van der Waals surface area contributed by atoms with E-state index in [1.807, 2.05) is 25.2 Å². The van der Waals surface area contributed by atoms with Gasteiger partial charge in [0.25, 0.3) is 0 Å². The molecule has 2 aromatic rings. The van der Waals surface area contributed by atoms with Crippen molar-refractivity contribution < 1.29 is 4.42 Å². The first-order valence-electron chi connectivity index (χ1n) is 6.81. The van der Waals surface area contributed by atoms with Gasteiger partial charge in [0, 0.05) is 31.7 Å². The highest BCUT2D eigenvalue weighted by atomic mass is 35.5. The zero-order valence-electron chi connectivity index (χ0n) is 12.2. The maximum absolute atomic E-state index is 6.39. The van der Waals surface area contributed by atoms with E-state index < -0.39 is 0 Å². The molecular formula is C16H21ClN2O. The van der Waals surface area contributed by atoms with Crippen molar-refractivity contribution in [2.24, 2.45) is 0 Å². The quantitative estimate of drug-likeness (QED) is 0.870. The first kappa shape index (κ1) is 14.9. The van der Waals surface area contributed by atoms with Crippen LogP contribution in [0.15, 0.2) is 41.2 Å². The monoisotopic (exact) mass is 292 g/mol. The van der Waals surface area contributed by atoms with Crippen molar-refractivity contribution >= 4 is 17.3 Å². The normalized spacial score (nSPS) is 11.1. The highest BCUT2D eigenvalue weighted by Gasteiger charge is 2.12. The van der Waals surface area contributed by atoms with Crippen molar-refractivity contribution in [1.29, 1.82) is 0 Å². The SMILES string of the molecule is CC(C)NCc1cccc(Cl)c1N(C)Cc1ccoc1. The summed E-state index contributed by atoms with van der Waals surface area (Å²) in [6.45, 7) is 5.86. The van der Waals surface area contributed by atoms with Crippen molar-refractivity contribution in [1.82, 2.24) is 5.32 Å². The molecule has 0 aliphatic rings. The van der Waals surface area contributed by atoms with Gasteiger partial charge in [-0.25, -0.2) is 0 Å². The lowest BCUT2D eigenvalue weighted by Crippen LogP contribution is -2.24. The second kappa shape index (κ2) is 6.82. The molecule has 20 heavy (non-hydrogen) atoms. The van der Waals surface area contributed by atoms with Crippen LogP contribution in [0.25, 0.3) is 0 Å². The lowest BCUT2D eigenvalue weighted by molar-refractivity contribution is 0.563. The first-order chi connectivity index (χ1) is 9.58. The highest BCUT2D eigenvalue weighted by molar-refractivity contribution is 6.33. The van der Waals surface area contributed by atoms with E-state index in [0.717, 1.165) is 29.4 Å². The number of furan rings is 1. The van der Waals surface area contributed by atoms with Crippen LogP contribution >= 0.6 is 11.6 Å². The molecule has 0 aliphatic heterocycles. The Bertz CT molecular complexity index is 537. The minimum Gasteiger partial charge on any atom is -0.472 e. The summed E-state index contributed by atoms with van der Waals surface area (Å²) < 4.78 is 5.12. The molecule has 108 valence electrons. The average molecular weight is 293 g/mol. The molecular weight excluding hydrogens is 272 g/mol. The van der Waals surface area contributed by atoms with E-state index in [1.165, 1.54) is 5.56 Å². The Morgan fingerprint density at radius 1 is 1.30 bits per heavy atom. The highest BCUT2D eigenvalue weighted by Crippen LogP contribution is 2.30. The van der Waals surface area contributed by atoms with Gasteiger partial charge in [0.1, 0.15) is 0 Å². The zero-order chi connectivity index (χ0) is 14.5. The largest absolute Gasteiger partial charge is 0.472 e. The summed E-state index contributed by atoms with van der Waals surface area (Å²) >= 11 is 6.39. The van der Waals surface area contributed by atoms with E-state index in [1.54, 1.807) is 12.5 Å². The third kappa shape index (κ3) is 3.78. The van der Waals surface area contributed by atoms with Crippen LogP contribution in [-0.4, -0.2) is 13.1 Å². The van der Waals surface area contributed by atoms with Crippen LogP contribution in [0, 0.1) is 0 Å². The van der Waals surface area contributed by atoms with Crippen molar-refractivity contribution in [3.8, 4) is 0 Å². The molecule has 1 aromatic heterocycles. The first-order valence-corrected chi connectivity index (χ1v) is 7.18. The van der Waals surface area contributed by atoms with E-state index in [9.17, 15) is 0 Å². The molecule has 2 rings (SSSR count). The van der Waals surface area contributed by atoms with Gasteiger partial charge in [-0.1, -0.05) is 37.6 Å². The third-order valence-corrected chi connectivity index (χ3v) is 3.46. The molecule has 0 amide bonds. The maximum atomic E-state index is 6.39. The van der Waals surface area contributed by atoms with E-state index in [0.29, 0.717) is 6.04 Å². The second-order valence-corrected chi connectivity index (χ2v) is 5.68. The number of hydrogen-bond acceptors (Lipinski definition) is 3. The summed E-state index contributed by atoms with van der Waals surface area (Å²) in [5.41, 5.74) is 3.41. The van der Waals surface area contributed by atoms with Crippen molar-refractivity contribution in [3.63, 3.8) is 0 Å². The smallest absolute Gasteiger partial charge is 0.0952 e. The fourth-order valence-corrected chi connectivity index (χ4v) is 2.52. The van der Waals surface area contributed by atoms with Crippen LogP contribution < -0.4 is 10.2 Å². The molecule has 0 bridgehead atoms. The predicted molar refractivity (Wildman–Crippen MR) is 84.2 cm³/mol. The average Bonchev–Trinajstić information content (AvgIpc) is 2.88. The molecule has 3 nitrogen and oxygen atoms in total. The molecule has 1 heterocycles. The summed E-state index contributed by atoms with van der Waals surface area (Å²) in [5, 5.41) is 4.22. The van der Waals surface area contributed by atoms with Gasteiger partial charge in [-0.3, -0.25) is 0 Å². The van der Waals surface area contributed by atoms with Gasteiger partial charge in [-0.15, -0.1) is 0 Å². The fourth-order valence-electron chi connectivity index (χ4n) is 2.18. The van der Waals surface area contributed by atoms with Gasteiger partial charge in [-0.05, 0) is 17.7 Å². The standard InChI is InChI=1S/C16H21ClN2O/c1-12(2)18-9-14-5-4-6-15(17)16(14)19(3)10-13-7-8-20-11-13/h4-8,11-12,18H,9-10H2,1-3H3. The fraction of sp³-hybridized carbons (Fsp3) is 0.375. The Morgan fingerprint density at radius 3 is 2.75 bits per heavy atom. The Kier molecular flexibility index (Phi) is 5.10. The molecule has 0 atom stereocenters. The predicted octanol–water partition coefficient (Wildman–Crippen LogP) is 4.07. The number of nitrogens with one attached hydrogen (secondary N) is 1. The second-order valence-electron chi connectivity index (χ2n) is 5.27. The lowest BCUT2D eigenvalue weighted by Gasteiger charge is -2.24. The Morgan fingerprint density at radius 2 is 2.10 bits per heavy atom. The van der Waals surface area contributed by atoms with Gasteiger partial charge in [-0.2, -0.15) is 0 Å². The van der Waals surface area contributed by atoms with E-state index in [2.05, 4.69) is 30.1 Å². The summed E-state index contributed by atoms with van der Waals surface area (Å²) in [7, 11) is 2.05. The molecule has 0 spiro atoms. The number of nitrogens with zero attached hydrogens (tertiary/aromatic N) is 1. The van der Waals surface area contributed by atoms with E-state index in [-0.39, 0.29) is 0 Å². The molecule has 0 unspecified atom stereocenters. The Labute approximate surface area is 125 Å². The number of benzene rings is 1. The minimum absolute atomic E-state index is 0.445. The number of anilines is 1. The molecule has 1 aromatic carbocycles. The summed E-state index contributed by atoms with van der Waals surface area (Å²) in [5.74, 6) is 0. The molecule has 0 saturated carbocycles. The Hall–Kier alpha value is -1.45. The van der Waals surface area contributed by atoms with Crippen LogP contribution in [0.1, 0.15) is 25.0 Å². The van der Waals surface area contributed by atoms with Gasteiger partial charge in [0.05, 0.1) is 23.2 Å². The van der Waals surface area contributed by atoms with Gasteiger partial charge in [0.2, 0.25) is 0 Å². The Balaban J connectivity index is 2.19.